The van der Waals surface area contributed by atoms with Crippen LogP contribution in [-0.2, 0) is 14.6 Å². The van der Waals surface area contributed by atoms with Crippen molar-refractivity contribution < 1.29 is 17.9 Å². The lowest BCUT2D eigenvalue weighted by Crippen LogP contribution is -2.43. The number of amides is 1. The van der Waals surface area contributed by atoms with Gasteiger partial charge in [-0.05, 0) is 30.5 Å². The Kier molecular flexibility index (Phi) is 7.16. The predicted octanol–water partition coefficient (Wildman–Crippen LogP) is 3.40. The largest absolute Gasteiger partial charge is 0.379 e. The Labute approximate surface area is 196 Å². The Hall–Kier alpha value is -1.98. The van der Waals surface area contributed by atoms with Crippen molar-refractivity contribution >= 4 is 54.2 Å². The van der Waals surface area contributed by atoms with Crippen LogP contribution in [0.1, 0.15) is 10.4 Å². The van der Waals surface area contributed by atoms with Gasteiger partial charge in [-0.3, -0.25) is 14.6 Å². The molecule has 1 aliphatic rings. The highest BCUT2D eigenvalue weighted by atomic mass is 32.2. The van der Waals surface area contributed by atoms with Crippen LogP contribution in [0.25, 0.3) is 10.2 Å². The van der Waals surface area contributed by atoms with Crippen LogP contribution in [0.5, 0.6) is 0 Å². The maximum absolute atomic E-state index is 13.7. The lowest BCUT2D eigenvalue weighted by atomic mass is 10.2. The monoisotopic (exact) mass is 491 g/mol. The average Bonchev–Trinajstić information content (AvgIpc) is 3.23. The predicted molar refractivity (Wildman–Crippen MR) is 130 cm³/mol. The molecule has 3 aromatic rings. The number of aromatic nitrogens is 1. The van der Waals surface area contributed by atoms with E-state index in [2.05, 4.69) is 4.90 Å². The smallest absolute Gasteiger partial charge is 0.261 e. The highest BCUT2D eigenvalue weighted by Gasteiger charge is 2.27. The molecule has 1 aliphatic heterocycles. The fraction of sp³-hybridized carbons (Fsp3) is 0.364. The van der Waals surface area contributed by atoms with Gasteiger partial charge in [0.2, 0.25) is 0 Å². The number of para-hydroxylation sites is 1. The average molecular weight is 492 g/mol. The van der Waals surface area contributed by atoms with Gasteiger partial charge in [0.15, 0.2) is 15.0 Å². The van der Waals surface area contributed by atoms with E-state index in [9.17, 15) is 13.2 Å². The SMILES string of the molecule is CSc1cccc2sc(N(CCN3CCOCC3)C(=O)c3ccccc3S(C)(=O)=O)nc12. The molecule has 0 aliphatic carbocycles. The molecule has 7 nitrogen and oxygen atoms in total. The third-order valence-electron chi connectivity index (χ3n) is 5.33. The number of thioether (sulfide) groups is 1. The Bertz CT molecular complexity index is 1220. The summed E-state index contributed by atoms with van der Waals surface area (Å²) in [4.78, 5) is 23.4. The molecule has 170 valence electrons. The van der Waals surface area contributed by atoms with Crippen molar-refractivity contribution in [1.82, 2.24) is 9.88 Å². The van der Waals surface area contributed by atoms with E-state index in [0.717, 1.165) is 34.5 Å². The van der Waals surface area contributed by atoms with Gasteiger partial charge in [-0.25, -0.2) is 13.4 Å². The molecule has 0 bridgehead atoms. The van der Waals surface area contributed by atoms with E-state index in [4.69, 9.17) is 9.72 Å². The van der Waals surface area contributed by atoms with E-state index >= 15 is 0 Å². The molecule has 4 rings (SSSR count). The van der Waals surface area contributed by atoms with Gasteiger partial charge in [0, 0.05) is 37.3 Å². The number of fused-ring (bicyclic) bond motifs is 1. The number of rotatable bonds is 7. The molecule has 0 saturated carbocycles. The fourth-order valence-corrected chi connectivity index (χ4v) is 6.18. The number of sulfone groups is 1. The molecule has 0 spiro atoms. The summed E-state index contributed by atoms with van der Waals surface area (Å²) in [6, 6.07) is 12.4. The standard InChI is InChI=1S/C22H25N3O4S3/c1-30-17-7-5-8-18-20(17)23-22(31-18)25(11-10-24-12-14-29-15-13-24)21(26)16-6-3-4-9-19(16)32(2,27)28/h3-9H,10-15H2,1-2H3. The number of thiazole rings is 1. The number of hydrogen-bond acceptors (Lipinski definition) is 8. The first-order chi connectivity index (χ1) is 15.4. The van der Waals surface area contributed by atoms with Crippen molar-refractivity contribution in [3.63, 3.8) is 0 Å². The quantitative estimate of drug-likeness (QED) is 0.469. The van der Waals surface area contributed by atoms with Crippen molar-refractivity contribution in [2.45, 2.75) is 9.79 Å². The molecule has 0 N–H and O–H groups in total. The third kappa shape index (κ3) is 4.99. The number of carbonyl (C=O) groups is 1. The molecule has 2 aromatic carbocycles. The Balaban J connectivity index is 1.74. The second-order valence-electron chi connectivity index (χ2n) is 7.48. The van der Waals surface area contributed by atoms with Crippen LogP contribution in [0.4, 0.5) is 5.13 Å². The summed E-state index contributed by atoms with van der Waals surface area (Å²) >= 11 is 3.06. The minimum absolute atomic E-state index is 0.0345. The number of carbonyl (C=O) groups excluding carboxylic acids is 1. The fourth-order valence-electron chi connectivity index (χ4n) is 3.65. The number of benzene rings is 2. The summed E-state index contributed by atoms with van der Waals surface area (Å²) in [5, 5.41) is 0.572. The van der Waals surface area contributed by atoms with E-state index in [1.54, 1.807) is 34.9 Å². The van der Waals surface area contributed by atoms with Crippen LogP contribution in [0, 0.1) is 0 Å². The van der Waals surface area contributed by atoms with Crippen LogP contribution in [0.2, 0.25) is 0 Å². The minimum atomic E-state index is -3.56. The van der Waals surface area contributed by atoms with Gasteiger partial charge >= 0.3 is 0 Å². The molecule has 0 unspecified atom stereocenters. The van der Waals surface area contributed by atoms with E-state index < -0.39 is 9.84 Å². The summed E-state index contributed by atoms with van der Waals surface area (Å²) in [5.41, 5.74) is 1.03. The van der Waals surface area contributed by atoms with Crippen LogP contribution in [0.3, 0.4) is 0 Å². The van der Waals surface area contributed by atoms with Gasteiger partial charge in [-0.1, -0.05) is 29.5 Å². The summed E-state index contributed by atoms with van der Waals surface area (Å²) in [6.45, 7) is 4.01. The number of morpholine rings is 1. The minimum Gasteiger partial charge on any atom is -0.379 e. The van der Waals surface area contributed by atoms with Gasteiger partial charge < -0.3 is 4.74 Å². The Morgan fingerprint density at radius 2 is 1.94 bits per heavy atom. The molecule has 10 heteroatoms. The lowest BCUT2D eigenvalue weighted by molar-refractivity contribution is 0.0391. The second-order valence-corrected chi connectivity index (χ2v) is 11.3. The first kappa shape index (κ1) is 23.2. The molecule has 2 heterocycles. The van der Waals surface area contributed by atoms with Crippen LogP contribution < -0.4 is 4.90 Å². The van der Waals surface area contributed by atoms with Crippen molar-refractivity contribution in [3.05, 3.63) is 48.0 Å². The zero-order valence-corrected chi connectivity index (χ0v) is 20.4. The molecular weight excluding hydrogens is 466 g/mol. The van der Waals surface area contributed by atoms with Gasteiger partial charge in [-0.15, -0.1) is 11.8 Å². The summed E-state index contributed by atoms with van der Waals surface area (Å²) < 4.78 is 31.1. The molecule has 1 amide bonds. The van der Waals surface area contributed by atoms with Crippen LogP contribution in [-0.4, -0.2) is 76.1 Å². The van der Waals surface area contributed by atoms with Crippen LogP contribution >= 0.6 is 23.1 Å². The van der Waals surface area contributed by atoms with E-state index in [1.165, 1.54) is 17.4 Å². The van der Waals surface area contributed by atoms with Crippen molar-refractivity contribution in [3.8, 4) is 0 Å². The van der Waals surface area contributed by atoms with E-state index in [0.29, 0.717) is 31.4 Å². The first-order valence-electron chi connectivity index (χ1n) is 10.2. The van der Waals surface area contributed by atoms with Gasteiger partial charge in [-0.2, -0.15) is 0 Å². The van der Waals surface area contributed by atoms with E-state index in [-0.39, 0.29) is 16.4 Å². The topological polar surface area (TPSA) is 79.8 Å². The zero-order chi connectivity index (χ0) is 22.7. The number of hydrogen-bond donors (Lipinski definition) is 0. The number of nitrogens with zero attached hydrogens (tertiary/aromatic N) is 3. The highest BCUT2D eigenvalue weighted by molar-refractivity contribution is 7.98. The summed E-state index contributed by atoms with van der Waals surface area (Å²) in [5.74, 6) is -0.357. The molecule has 0 radical (unpaired) electrons. The normalized spacial score (nSPS) is 15.2. The molecular formula is C22H25N3O4S3. The molecule has 1 saturated heterocycles. The zero-order valence-electron chi connectivity index (χ0n) is 18.0. The van der Waals surface area contributed by atoms with E-state index in [1.807, 2.05) is 24.5 Å². The van der Waals surface area contributed by atoms with Gasteiger partial charge in [0.25, 0.3) is 5.91 Å². The van der Waals surface area contributed by atoms with Crippen LogP contribution in [0.15, 0.2) is 52.3 Å². The summed E-state index contributed by atoms with van der Waals surface area (Å²) in [7, 11) is -3.56. The van der Waals surface area contributed by atoms with Gasteiger partial charge in [0.1, 0.15) is 0 Å². The maximum atomic E-state index is 13.7. The third-order valence-corrected chi connectivity index (χ3v) is 8.29. The summed E-state index contributed by atoms with van der Waals surface area (Å²) in [6.07, 6.45) is 3.12. The van der Waals surface area contributed by atoms with Gasteiger partial charge in [0.05, 0.1) is 33.9 Å². The molecule has 0 atom stereocenters. The first-order valence-corrected chi connectivity index (χ1v) is 14.2. The highest BCUT2D eigenvalue weighted by Crippen LogP contribution is 2.35. The molecule has 1 aromatic heterocycles. The second kappa shape index (κ2) is 9.88. The Morgan fingerprint density at radius 1 is 1.19 bits per heavy atom. The number of anilines is 1. The Morgan fingerprint density at radius 3 is 2.66 bits per heavy atom. The van der Waals surface area contributed by atoms with Crippen molar-refractivity contribution in [2.75, 3.05) is 56.8 Å². The van der Waals surface area contributed by atoms with Crippen molar-refractivity contribution in [2.24, 2.45) is 0 Å². The molecule has 1 fully saturated rings. The number of ether oxygens (including phenoxy) is 1. The molecule has 32 heavy (non-hydrogen) atoms. The van der Waals surface area contributed by atoms with Crippen molar-refractivity contribution in [1.29, 1.82) is 0 Å². The lowest BCUT2D eigenvalue weighted by Gasteiger charge is -2.29. The maximum Gasteiger partial charge on any atom is 0.261 e.